The van der Waals surface area contributed by atoms with Crippen LogP contribution in [-0.2, 0) is 9.22 Å². The van der Waals surface area contributed by atoms with Crippen LogP contribution >= 0.6 is 0 Å². The van der Waals surface area contributed by atoms with Gasteiger partial charge in [0.2, 0.25) is 0 Å². The van der Waals surface area contributed by atoms with Crippen molar-refractivity contribution in [3.8, 4) is 0 Å². The van der Waals surface area contributed by atoms with Crippen molar-refractivity contribution in [1.82, 2.24) is 0 Å². The number of rotatable bonds is 4. The summed E-state index contributed by atoms with van der Waals surface area (Å²) in [5.74, 6) is 0. The summed E-state index contributed by atoms with van der Waals surface area (Å²) in [5.41, 5.74) is 0. The average Bonchev–Trinajstić information content (AvgIpc) is 1.93. The third-order valence-electron chi connectivity index (χ3n) is 1.02. The van der Waals surface area contributed by atoms with E-state index in [1.54, 1.807) is 0 Å². The van der Waals surface area contributed by atoms with Crippen molar-refractivity contribution in [3.63, 3.8) is 0 Å². The fraction of sp³-hybridized carbons (Fsp3) is 0.600. The Morgan fingerprint density at radius 3 is 1.00 bits per heavy atom. The van der Waals surface area contributed by atoms with E-state index in [1.165, 1.54) is 0 Å². The summed E-state index contributed by atoms with van der Waals surface area (Å²) in [5, 5.41) is 0. The molecule has 0 aromatic heterocycles. The average molecular weight is 401 g/mol. The Balaban J connectivity index is 5.27. The summed E-state index contributed by atoms with van der Waals surface area (Å²) in [6.45, 7) is 2.40. The van der Waals surface area contributed by atoms with Crippen LogP contribution in [0, 0.1) is 0 Å². The van der Waals surface area contributed by atoms with Crippen LogP contribution < -0.4 is 0 Å². The van der Waals surface area contributed by atoms with E-state index in [0.29, 0.717) is 0 Å². The number of hydrogen-bond donors (Lipinski definition) is 0. The molecule has 0 aromatic carbocycles. The van der Waals surface area contributed by atoms with Gasteiger partial charge in [-0.05, 0) is 0 Å². The van der Waals surface area contributed by atoms with Gasteiger partial charge in [-0.3, -0.25) is 0 Å². The van der Waals surface area contributed by atoms with Crippen LogP contribution in [0.15, 0.2) is 10.7 Å². The van der Waals surface area contributed by atoms with Crippen molar-refractivity contribution in [2.24, 2.45) is 0 Å². The summed E-state index contributed by atoms with van der Waals surface area (Å²) in [6, 6.07) is 0. The predicted molar refractivity (Wildman–Crippen MR) is 37.4 cm³/mol. The quantitative estimate of drug-likeness (QED) is 0.535. The fourth-order valence-corrected chi connectivity index (χ4v) is 4.50. The second-order valence-corrected chi connectivity index (χ2v) is 8.81. The molecule has 18 heavy (non-hydrogen) atoms. The van der Waals surface area contributed by atoms with Gasteiger partial charge in [0.05, 0.1) is 0 Å². The first-order chi connectivity index (χ1) is 7.68. The molecule has 0 amide bonds. The molecule has 0 spiro atoms. The van der Waals surface area contributed by atoms with E-state index in [4.69, 9.17) is 0 Å². The van der Waals surface area contributed by atoms with Crippen molar-refractivity contribution in [2.75, 3.05) is 0 Å². The molecule has 0 aliphatic carbocycles. The second kappa shape index (κ2) is 5.42. The maximum absolute atomic E-state index is 11.8. The van der Waals surface area contributed by atoms with E-state index in [1.807, 2.05) is 0 Å². The molecule has 13 heteroatoms. The van der Waals surface area contributed by atoms with Crippen molar-refractivity contribution in [2.45, 2.75) is 19.1 Å². The molecule has 3 nitrogen and oxygen atoms in total. The summed E-state index contributed by atoms with van der Waals surface area (Å²) < 4.78 is 114. The molecule has 0 radical (unpaired) electrons. The van der Waals surface area contributed by atoms with Crippen molar-refractivity contribution in [3.05, 3.63) is 10.7 Å². The van der Waals surface area contributed by atoms with Crippen molar-refractivity contribution >= 4 is 19.6 Å². The molecule has 0 unspecified atom stereocenters. The zero-order valence-electron chi connectivity index (χ0n) is 7.91. The van der Waals surface area contributed by atoms with Crippen LogP contribution in [0.5, 0.6) is 0 Å². The Morgan fingerprint density at radius 1 is 0.667 bits per heavy atom. The molecule has 0 aromatic rings. The molecule has 0 aliphatic rings. The fourth-order valence-electron chi connectivity index (χ4n) is 0.671. The van der Waals surface area contributed by atoms with Gasteiger partial charge in [0.25, 0.3) is 0 Å². The van der Waals surface area contributed by atoms with E-state index >= 15 is 0 Å². The van der Waals surface area contributed by atoms with Crippen LogP contribution in [0.3, 0.4) is 0 Å². The normalized spacial score (nSPS) is 14.7. The van der Waals surface area contributed by atoms with Gasteiger partial charge >= 0.3 is 98.1 Å². The third-order valence-corrected chi connectivity index (χ3v) is 6.87. The predicted octanol–water partition coefficient (Wildman–Crippen LogP) is 3.26. The minimum absolute atomic E-state index is 0.372. The summed E-state index contributed by atoms with van der Waals surface area (Å²) in [6.07, 6.45) is -17.4. The molecular formula is C5H3F9O3Sn. The van der Waals surface area contributed by atoms with Gasteiger partial charge in [-0.1, -0.05) is 0 Å². The first-order valence-corrected chi connectivity index (χ1v) is 8.77. The molecule has 0 atom stereocenters. The summed E-state index contributed by atoms with van der Waals surface area (Å²) >= 11 is -7.14. The molecule has 0 bridgehead atoms. The Bertz CT molecular complexity index is 251. The molecule has 0 fully saturated rings. The number of hydrogen-bond acceptors (Lipinski definition) is 3. The van der Waals surface area contributed by atoms with E-state index < -0.39 is 38.7 Å². The molecule has 0 saturated heterocycles. The van der Waals surface area contributed by atoms with E-state index in [-0.39, 0.29) is 4.09 Å². The molecule has 0 saturated carbocycles. The Hall–Kier alpha value is -0.211. The molecule has 0 rings (SSSR count). The Labute approximate surface area is 98.6 Å². The second-order valence-electron chi connectivity index (χ2n) is 2.45. The maximum atomic E-state index is 11.8. The first-order valence-electron chi connectivity index (χ1n) is 3.62. The zero-order chi connectivity index (χ0) is 14.8. The van der Waals surface area contributed by atoms with Gasteiger partial charge < -0.3 is 0 Å². The van der Waals surface area contributed by atoms with Crippen molar-refractivity contribution < 1.29 is 48.7 Å². The van der Waals surface area contributed by atoms with E-state index in [2.05, 4.69) is 15.8 Å². The van der Waals surface area contributed by atoms with Gasteiger partial charge in [0.1, 0.15) is 0 Å². The summed E-state index contributed by atoms with van der Waals surface area (Å²) in [4.78, 5) is 0. The minimum atomic E-state index is -7.14. The number of halogens is 9. The Kier molecular flexibility index (Phi) is 5.36. The van der Waals surface area contributed by atoms with Gasteiger partial charge in [-0.15, -0.1) is 0 Å². The molecule has 0 heterocycles. The van der Waals surface area contributed by atoms with Gasteiger partial charge in [-0.2, -0.15) is 0 Å². The molecule has 0 aliphatic heterocycles. The van der Waals surface area contributed by atoms with Crippen molar-refractivity contribution in [1.29, 1.82) is 0 Å². The molecule has 0 N–H and O–H groups in total. The summed E-state index contributed by atoms with van der Waals surface area (Å²) in [7, 11) is 0. The van der Waals surface area contributed by atoms with Crippen LogP contribution in [0.4, 0.5) is 39.5 Å². The third kappa shape index (κ3) is 7.99. The van der Waals surface area contributed by atoms with E-state index in [0.717, 1.165) is 0 Å². The molecule has 108 valence electrons. The Morgan fingerprint density at radius 2 is 0.889 bits per heavy atom. The van der Waals surface area contributed by atoms with Gasteiger partial charge in [0.15, 0.2) is 0 Å². The SMILES string of the molecule is C=[CH][Sn]([O]C(F)(F)F)([O]C(F)(F)F)[O]C(F)(F)F. The van der Waals surface area contributed by atoms with Gasteiger partial charge in [0, 0.05) is 0 Å². The van der Waals surface area contributed by atoms with E-state index in [9.17, 15) is 39.5 Å². The standard InChI is InChI=1S/C2H3.3CF3O.Sn/c1-2;3*2-1(3,4)5;/h1H,2H2;;;;/q;3*-1;+3. The first kappa shape index (κ1) is 17.8. The van der Waals surface area contributed by atoms with Crippen LogP contribution in [0.25, 0.3) is 0 Å². The zero-order valence-corrected chi connectivity index (χ0v) is 10.8. The topological polar surface area (TPSA) is 27.7 Å². The molecular weight excluding hydrogens is 398 g/mol. The van der Waals surface area contributed by atoms with Gasteiger partial charge in [-0.25, -0.2) is 0 Å². The van der Waals surface area contributed by atoms with Crippen LogP contribution in [0.2, 0.25) is 0 Å². The number of alkyl halides is 9. The monoisotopic (exact) mass is 402 g/mol. The van der Waals surface area contributed by atoms with Crippen LogP contribution in [0.1, 0.15) is 0 Å². The van der Waals surface area contributed by atoms with Crippen LogP contribution in [-0.4, -0.2) is 38.7 Å².